The summed E-state index contributed by atoms with van der Waals surface area (Å²) in [6, 6.07) is 1.71. The number of nitrogens with two attached hydrogens (primary N) is 1. The number of rotatable bonds is 2. The van der Waals surface area contributed by atoms with Crippen molar-refractivity contribution in [1.82, 2.24) is 9.97 Å². The smallest absolute Gasteiger partial charge is 0.232 e. The number of hydrogen-bond donors (Lipinski definition) is 2. The van der Waals surface area contributed by atoms with Gasteiger partial charge in [0.05, 0.1) is 7.11 Å². The molecule has 70 valence electrons. The Kier molecular flexibility index (Phi) is 2.97. The number of aromatic nitrogens is 2. The van der Waals surface area contributed by atoms with Gasteiger partial charge in [0.1, 0.15) is 0 Å². The monoisotopic (exact) mass is 198 g/mol. The van der Waals surface area contributed by atoms with Gasteiger partial charge in [-0.2, -0.15) is 4.98 Å². The summed E-state index contributed by atoms with van der Waals surface area (Å²) in [6.45, 7) is 1.83. The average Bonchev–Trinajstić information content (AvgIpc) is 2.01. The van der Waals surface area contributed by atoms with Gasteiger partial charge in [-0.1, -0.05) is 0 Å². The van der Waals surface area contributed by atoms with Gasteiger partial charge in [0.15, 0.2) is 5.11 Å². The van der Waals surface area contributed by atoms with E-state index < -0.39 is 0 Å². The molecule has 3 N–H and O–H groups in total. The number of nitrogens with one attached hydrogen (secondary N) is 1. The number of hydrogen-bond acceptors (Lipinski definition) is 4. The summed E-state index contributed by atoms with van der Waals surface area (Å²) >= 11 is 4.65. The molecule has 1 aromatic heterocycles. The van der Waals surface area contributed by atoms with Crippen molar-refractivity contribution in [2.45, 2.75) is 6.92 Å². The fourth-order valence-electron chi connectivity index (χ4n) is 0.810. The van der Waals surface area contributed by atoms with Gasteiger partial charge in [-0.25, -0.2) is 4.98 Å². The Morgan fingerprint density at radius 3 is 2.85 bits per heavy atom. The van der Waals surface area contributed by atoms with Crippen molar-refractivity contribution in [1.29, 1.82) is 0 Å². The van der Waals surface area contributed by atoms with Crippen LogP contribution in [0.5, 0.6) is 5.88 Å². The molecular weight excluding hydrogens is 188 g/mol. The van der Waals surface area contributed by atoms with E-state index in [4.69, 9.17) is 10.5 Å². The van der Waals surface area contributed by atoms with Crippen molar-refractivity contribution in [3.63, 3.8) is 0 Å². The average molecular weight is 198 g/mol. The van der Waals surface area contributed by atoms with Crippen LogP contribution in [0.2, 0.25) is 0 Å². The standard InChI is InChI=1S/C7H10N4OS/c1-4-3-5(12-2)10-7(9-4)11-6(8)13/h3H,1-2H3,(H3,8,9,10,11,13). The molecule has 1 heterocycles. The minimum atomic E-state index is 0.132. The van der Waals surface area contributed by atoms with Crippen molar-refractivity contribution < 1.29 is 4.74 Å². The third kappa shape index (κ3) is 2.83. The normalized spacial score (nSPS) is 9.38. The molecule has 13 heavy (non-hydrogen) atoms. The largest absolute Gasteiger partial charge is 0.481 e. The van der Waals surface area contributed by atoms with Crippen LogP contribution >= 0.6 is 12.2 Å². The van der Waals surface area contributed by atoms with E-state index in [2.05, 4.69) is 27.5 Å². The van der Waals surface area contributed by atoms with Crippen molar-refractivity contribution in [2.75, 3.05) is 12.4 Å². The Labute approximate surface area is 81.3 Å². The number of methoxy groups -OCH3 is 1. The van der Waals surface area contributed by atoms with Crippen LogP contribution < -0.4 is 15.8 Å². The lowest BCUT2D eigenvalue weighted by molar-refractivity contribution is 0.397. The molecule has 0 aromatic carbocycles. The van der Waals surface area contributed by atoms with E-state index in [9.17, 15) is 0 Å². The lowest BCUT2D eigenvalue weighted by atomic mass is 10.4. The van der Waals surface area contributed by atoms with Crippen LogP contribution in [0.25, 0.3) is 0 Å². The quantitative estimate of drug-likeness (QED) is 0.672. The maximum atomic E-state index is 5.27. The number of thiocarbonyl (C=S) groups is 1. The maximum Gasteiger partial charge on any atom is 0.232 e. The van der Waals surface area contributed by atoms with Crippen LogP contribution in [0.3, 0.4) is 0 Å². The van der Waals surface area contributed by atoms with Gasteiger partial charge < -0.3 is 15.8 Å². The van der Waals surface area contributed by atoms with E-state index in [0.29, 0.717) is 11.8 Å². The lowest BCUT2D eigenvalue weighted by Crippen LogP contribution is -2.20. The zero-order valence-corrected chi connectivity index (χ0v) is 8.18. The second-order valence-corrected chi connectivity index (χ2v) is 2.80. The van der Waals surface area contributed by atoms with Crippen LogP contribution in [0.4, 0.5) is 5.95 Å². The third-order valence-corrected chi connectivity index (χ3v) is 1.38. The van der Waals surface area contributed by atoms with Crippen LogP contribution in [0.1, 0.15) is 5.69 Å². The van der Waals surface area contributed by atoms with Crippen molar-refractivity contribution in [3.8, 4) is 5.88 Å². The molecule has 1 aromatic rings. The molecule has 0 atom stereocenters. The molecule has 0 radical (unpaired) electrons. The third-order valence-electron chi connectivity index (χ3n) is 1.27. The molecule has 0 fully saturated rings. The van der Waals surface area contributed by atoms with Crippen LogP contribution in [0.15, 0.2) is 6.07 Å². The summed E-state index contributed by atoms with van der Waals surface area (Å²) in [4.78, 5) is 8.03. The van der Waals surface area contributed by atoms with E-state index >= 15 is 0 Å². The first-order valence-electron chi connectivity index (χ1n) is 3.58. The van der Waals surface area contributed by atoms with Crippen LogP contribution in [-0.4, -0.2) is 22.2 Å². The van der Waals surface area contributed by atoms with Gasteiger partial charge in [-0.15, -0.1) is 0 Å². The van der Waals surface area contributed by atoms with Crippen LogP contribution in [-0.2, 0) is 0 Å². The topological polar surface area (TPSA) is 73.1 Å². The zero-order chi connectivity index (χ0) is 9.84. The molecule has 6 heteroatoms. The van der Waals surface area contributed by atoms with Gasteiger partial charge in [-0.3, -0.25) is 0 Å². The molecule has 0 saturated carbocycles. The van der Waals surface area contributed by atoms with Gasteiger partial charge in [-0.05, 0) is 19.1 Å². The highest BCUT2D eigenvalue weighted by molar-refractivity contribution is 7.80. The lowest BCUT2D eigenvalue weighted by Gasteiger charge is -2.04. The Hall–Kier alpha value is -1.43. The molecule has 0 amide bonds. The molecule has 0 unspecified atom stereocenters. The highest BCUT2D eigenvalue weighted by Gasteiger charge is 2.01. The first-order chi connectivity index (χ1) is 6.11. The summed E-state index contributed by atoms with van der Waals surface area (Å²) in [5, 5.41) is 2.76. The first kappa shape index (κ1) is 9.66. The second-order valence-electron chi connectivity index (χ2n) is 2.36. The zero-order valence-electron chi connectivity index (χ0n) is 7.37. The van der Waals surface area contributed by atoms with Gasteiger partial charge in [0.2, 0.25) is 11.8 Å². The van der Waals surface area contributed by atoms with Crippen LogP contribution in [0, 0.1) is 6.92 Å². The molecule has 5 nitrogen and oxygen atoms in total. The van der Waals surface area contributed by atoms with E-state index in [1.807, 2.05) is 6.92 Å². The molecule has 0 aliphatic rings. The summed E-state index contributed by atoms with van der Waals surface area (Å²) in [7, 11) is 1.53. The number of anilines is 1. The van der Waals surface area contributed by atoms with Gasteiger partial charge in [0, 0.05) is 11.8 Å². The van der Waals surface area contributed by atoms with E-state index in [1.54, 1.807) is 6.07 Å². The summed E-state index contributed by atoms with van der Waals surface area (Å²) in [6.07, 6.45) is 0. The first-order valence-corrected chi connectivity index (χ1v) is 3.99. The molecule has 0 saturated heterocycles. The van der Waals surface area contributed by atoms with Gasteiger partial charge >= 0.3 is 0 Å². The van der Waals surface area contributed by atoms with E-state index in [-0.39, 0.29) is 5.11 Å². The van der Waals surface area contributed by atoms with Gasteiger partial charge in [0.25, 0.3) is 0 Å². The summed E-state index contributed by atoms with van der Waals surface area (Å²) in [5.74, 6) is 0.829. The molecule has 0 aliphatic carbocycles. The van der Waals surface area contributed by atoms with Crippen molar-refractivity contribution >= 4 is 23.3 Å². The second kappa shape index (κ2) is 3.99. The fourth-order valence-corrected chi connectivity index (χ4v) is 0.902. The highest BCUT2D eigenvalue weighted by Crippen LogP contribution is 2.10. The SMILES string of the molecule is COc1cc(C)nc(NC(N)=S)n1. The predicted octanol–water partition coefficient (Wildman–Crippen LogP) is 0.449. The summed E-state index contributed by atoms with van der Waals surface area (Å²) < 4.78 is 4.94. The van der Waals surface area contributed by atoms with Crippen molar-refractivity contribution in [2.24, 2.45) is 5.73 Å². The fraction of sp³-hybridized carbons (Fsp3) is 0.286. The van der Waals surface area contributed by atoms with Crippen molar-refractivity contribution in [3.05, 3.63) is 11.8 Å². The van der Waals surface area contributed by atoms with E-state index in [1.165, 1.54) is 7.11 Å². The van der Waals surface area contributed by atoms with E-state index in [0.717, 1.165) is 5.69 Å². The molecular formula is C7H10N4OS. The Balaban J connectivity index is 2.94. The molecule has 0 bridgehead atoms. The minimum Gasteiger partial charge on any atom is -0.481 e. The number of aryl methyl sites for hydroxylation is 1. The highest BCUT2D eigenvalue weighted by atomic mass is 32.1. The molecule has 0 aliphatic heterocycles. The number of nitrogens with zero attached hydrogens (tertiary/aromatic N) is 2. The number of ether oxygens (including phenoxy) is 1. The predicted molar refractivity (Wildman–Crippen MR) is 53.7 cm³/mol. The summed E-state index contributed by atoms with van der Waals surface area (Å²) in [5.41, 5.74) is 6.05. The Bertz CT molecular complexity index is 328. The molecule has 0 spiro atoms. The maximum absolute atomic E-state index is 5.27. The Morgan fingerprint density at radius 1 is 1.62 bits per heavy atom. The Morgan fingerprint density at radius 2 is 2.31 bits per heavy atom. The molecule has 1 rings (SSSR count). The minimum absolute atomic E-state index is 0.132.